The Morgan fingerprint density at radius 1 is 1.67 bits per heavy atom. The molecule has 0 bridgehead atoms. The Morgan fingerprint density at radius 3 is 2.92 bits per heavy atom. The van der Waals surface area contributed by atoms with Gasteiger partial charge in [-0.15, -0.1) is 11.8 Å². The quantitative estimate of drug-likeness (QED) is 0.478. The normalized spacial score (nSPS) is 22.0. The van der Waals surface area contributed by atoms with Crippen molar-refractivity contribution in [1.29, 1.82) is 0 Å². The number of nitrogens with one attached hydrogen (secondary N) is 2. The molecule has 1 aliphatic heterocycles. The van der Waals surface area contributed by atoms with Gasteiger partial charge in [0.25, 0.3) is 5.91 Å². The van der Waals surface area contributed by atoms with Crippen LogP contribution in [0.25, 0.3) is 0 Å². The first-order valence-corrected chi connectivity index (χ1v) is 4.97. The summed E-state index contributed by atoms with van der Waals surface area (Å²) in [5, 5.41) is 6.90. The summed E-state index contributed by atoms with van der Waals surface area (Å²) in [6.45, 7) is 3.69. The number of amides is 1. The van der Waals surface area contributed by atoms with E-state index in [1.165, 1.54) is 0 Å². The lowest BCUT2D eigenvalue weighted by Crippen LogP contribution is -2.40. The van der Waals surface area contributed by atoms with E-state index in [1.54, 1.807) is 11.8 Å². The van der Waals surface area contributed by atoms with Crippen LogP contribution in [0.1, 0.15) is 13.8 Å². The number of carbonyl (C=O) groups is 1. The minimum Gasteiger partial charge on any atom is -0.296 e. The van der Waals surface area contributed by atoms with Gasteiger partial charge < -0.3 is 0 Å². The van der Waals surface area contributed by atoms with Crippen molar-refractivity contribution in [3.05, 3.63) is 0 Å². The SMILES string of the molecule is CC(C)=NNC(=O)C1CSCN1. The molecule has 1 aliphatic rings. The van der Waals surface area contributed by atoms with Crippen LogP contribution in [0, 0.1) is 0 Å². The molecular formula is C7H13N3OS. The number of carbonyl (C=O) groups excluding carboxylic acids is 1. The smallest absolute Gasteiger partial charge is 0.258 e. The molecular weight excluding hydrogens is 174 g/mol. The van der Waals surface area contributed by atoms with Crippen molar-refractivity contribution in [2.75, 3.05) is 11.6 Å². The molecule has 12 heavy (non-hydrogen) atoms. The van der Waals surface area contributed by atoms with Gasteiger partial charge >= 0.3 is 0 Å². The maximum Gasteiger partial charge on any atom is 0.258 e. The summed E-state index contributed by atoms with van der Waals surface area (Å²) in [5.74, 6) is 1.65. The topological polar surface area (TPSA) is 53.5 Å². The summed E-state index contributed by atoms with van der Waals surface area (Å²) in [6, 6.07) is -0.0712. The van der Waals surface area contributed by atoms with E-state index in [1.807, 2.05) is 13.8 Å². The van der Waals surface area contributed by atoms with Crippen molar-refractivity contribution in [3.8, 4) is 0 Å². The fraction of sp³-hybridized carbons (Fsp3) is 0.714. The molecule has 0 aromatic carbocycles. The second kappa shape index (κ2) is 4.47. The Hall–Kier alpha value is -0.550. The number of thioether (sulfide) groups is 1. The molecule has 1 amide bonds. The van der Waals surface area contributed by atoms with E-state index in [4.69, 9.17) is 0 Å². The zero-order valence-electron chi connectivity index (χ0n) is 7.26. The maximum absolute atomic E-state index is 11.3. The second-order valence-electron chi connectivity index (χ2n) is 2.81. The molecule has 68 valence electrons. The Kier molecular flexibility index (Phi) is 3.55. The molecule has 0 aromatic rings. The van der Waals surface area contributed by atoms with Crippen molar-refractivity contribution < 1.29 is 4.79 Å². The van der Waals surface area contributed by atoms with Crippen molar-refractivity contribution in [2.45, 2.75) is 19.9 Å². The summed E-state index contributed by atoms with van der Waals surface area (Å²) in [6.07, 6.45) is 0. The van der Waals surface area contributed by atoms with E-state index in [0.29, 0.717) is 0 Å². The highest BCUT2D eigenvalue weighted by molar-refractivity contribution is 7.99. The average Bonchev–Trinajstić information content (AvgIpc) is 2.51. The van der Waals surface area contributed by atoms with Crippen molar-refractivity contribution in [3.63, 3.8) is 0 Å². The lowest BCUT2D eigenvalue weighted by Gasteiger charge is -2.06. The van der Waals surface area contributed by atoms with Gasteiger partial charge in [-0.25, -0.2) is 5.43 Å². The van der Waals surface area contributed by atoms with Gasteiger partial charge in [0.15, 0.2) is 0 Å². The molecule has 0 saturated carbocycles. The van der Waals surface area contributed by atoms with Gasteiger partial charge in [-0.3, -0.25) is 10.1 Å². The first-order chi connectivity index (χ1) is 5.70. The van der Waals surface area contributed by atoms with E-state index < -0.39 is 0 Å². The summed E-state index contributed by atoms with van der Waals surface area (Å²) < 4.78 is 0. The van der Waals surface area contributed by atoms with E-state index in [0.717, 1.165) is 17.3 Å². The van der Waals surface area contributed by atoms with Crippen molar-refractivity contribution in [2.24, 2.45) is 5.10 Å². The number of nitrogens with zero attached hydrogens (tertiary/aromatic N) is 1. The number of hydrazone groups is 1. The number of hydrogen-bond donors (Lipinski definition) is 2. The Bertz CT molecular complexity index is 195. The first-order valence-electron chi connectivity index (χ1n) is 3.82. The van der Waals surface area contributed by atoms with Crippen molar-refractivity contribution >= 4 is 23.4 Å². The minimum absolute atomic E-state index is 0.0406. The molecule has 4 nitrogen and oxygen atoms in total. The van der Waals surface area contributed by atoms with Gasteiger partial charge in [0.2, 0.25) is 0 Å². The van der Waals surface area contributed by atoms with Crippen LogP contribution in [0.15, 0.2) is 5.10 Å². The summed E-state index contributed by atoms with van der Waals surface area (Å²) in [5.41, 5.74) is 3.35. The van der Waals surface area contributed by atoms with E-state index in [-0.39, 0.29) is 11.9 Å². The Morgan fingerprint density at radius 2 is 2.42 bits per heavy atom. The molecule has 2 N–H and O–H groups in total. The third kappa shape index (κ3) is 2.83. The van der Waals surface area contributed by atoms with Crippen LogP contribution < -0.4 is 10.7 Å². The zero-order chi connectivity index (χ0) is 8.97. The molecule has 0 radical (unpaired) electrons. The van der Waals surface area contributed by atoms with Gasteiger partial charge in [-0.05, 0) is 13.8 Å². The summed E-state index contributed by atoms with van der Waals surface area (Å²) in [4.78, 5) is 11.3. The lowest BCUT2D eigenvalue weighted by molar-refractivity contribution is -0.122. The number of hydrogen-bond acceptors (Lipinski definition) is 4. The Labute approximate surface area is 76.2 Å². The number of rotatable bonds is 2. The van der Waals surface area contributed by atoms with Crippen molar-refractivity contribution in [1.82, 2.24) is 10.7 Å². The average molecular weight is 187 g/mol. The van der Waals surface area contributed by atoms with Gasteiger partial charge in [0.1, 0.15) is 0 Å². The van der Waals surface area contributed by atoms with Crippen LogP contribution in [0.4, 0.5) is 0 Å². The zero-order valence-corrected chi connectivity index (χ0v) is 8.07. The monoisotopic (exact) mass is 187 g/mol. The highest BCUT2D eigenvalue weighted by Gasteiger charge is 2.21. The molecule has 1 saturated heterocycles. The molecule has 0 aromatic heterocycles. The van der Waals surface area contributed by atoms with Crippen LogP contribution >= 0.6 is 11.8 Å². The fourth-order valence-electron chi connectivity index (χ4n) is 0.808. The molecule has 1 rings (SSSR count). The van der Waals surface area contributed by atoms with Crippen LogP contribution in [0.5, 0.6) is 0 Å². The van der Waals surface area contributed by atoms with Crippen LogP contribution in [0.2, 0.25) is 0 Å². The molecule has 1 unspecified atom stereocenters. The summed E-state index contributed by atoms with van der Waals surface area (Å²) in [7, 11) is 0. The molecule has 0 spiro atoms. The predicted molar refractivity (Wildman–Crippen MR) is 51.2 cm³/mol. The largest absolute Gasteiger partial charge is 0.296 e. The molecule has 1 fully saturated rings. The molecule has 1 heterocycles. The van der Waals surface area contributed by atoms with Gasteiger partial charge in [0.05, 0.1) is 6.04 Å². The minimum atomic E-state index is -0.0712. The lowest BCUT2D eigenvalue weighted by atomic mass is 10.3. The fourth-order valence-corrected chi connectivity index (χ4v) is 1.75. The predicted octanol–water partition coefficient (Wildman–Crippen LogP) is 0.161. The second-order valence-corrected chi connectivity index (χ2v) is 3.84. The highest BCUT2D eigenvalue weighted by atomic mass is 32.2. The van der Waals surface area contributed by atoms with Crippen LogP contribution in [0.3, 0.4) is 0 Å². The van der Waals surface area contributed by atoms with E-state index in [2.05, 4.69) is 15.8 Å². The van der Waals surface area contributed by atoms with Gasteiger partial charge in [0, 0.05) is 17.3 Å². The Balaban J connectivity index is 2.32. The summed E-state index contributed by atoms with van der Waals surface area (Å²) >= 11 is 1.72. The van der Waals surface area contributed by atoms with Gasteiger partial charge in [-0.1, -0.05) is 0 Å². The standard InChI is InChI=1S/C7H13N3OS/c1-5(2)9-10-7(11)6-3-12-4-8-6/h6,8H,3-4H2,1-2H3,(H,10,11). The first kappa shape index (κ1) is 9.54. The third-order valence-corrected chi connectivity index (χ3v) is 2.36. The van der Waals surface area contributed by atoms with E-state index >= 15 is 0 Å². The van der Waals surface area contributed by atoms with E-state index in [9.17, 15) is 4.79 Å². The van der Waals surface area contributed by atoms with Crippen LogP contribution in [-0.2, 0) is 4.79 Å². The molecule has 1 atom stereocenters. The van der Waals surface area contributed by atoms with Gasteiger partial charge in [-0.2, -0.15) is 5.10 Å². The van der Waals surface area contributed by atoms with Crippen LogP contribution in [-0.4, -0.2) is 29.3 Å². The molecule has 0 aliphatic carbocycles. The third-order valence-electron chi connectivity index (χ3n) is 1.42. The maximum atomic E-state index is 11.3. The highest BCUT2D eigenvalue weighted by Crippen LogP contribution is 2.08. The molecule has 5 heteroatoms.